The molecule has 0 unspecified atom stereocenters. The van der Waals surface area contributed by atoms with Gasteiger partial charge < -0.3 is 5.11 Å². The van der Waals surface area contributed by atoms with Crippen LogP contribution in [0, 0.1) is 11.8 Å². The molecule has 2 amide bonds. The third kappa shape index (κ3) is 3.16. The molecule has 2 aliphatic heterocycles. The van der Waals surface area contributed by atoms with E-state index in [1.165, 1.54) is 0 Å². The minimum atomic E-state index is -4.85. The van der Waals surface area contributed by atoms with Crippen molar-refractivity contribution in [3.8, 4) is 0 Å². The Bertz CT molecular complexity index is 611. The van der Waals surface area contributed by atoms with Crippen molar-refractivity contribution in [2.45, 2.75) is 18.8 Å². The fourth-order valence-corrected chi connectivity index (χ4v) is 3.32. The van der Waals surface area contributed by atoms with E-state index in [-0.39, 0.29) is 0 Å². The van der Waals surface area contributed by atoms with Crippen molar-refractivity contribution in [2.75, 3.05) is 19.6 Å². The second kappa shape index (κ2) is 6.18. The molecule has 3 atom stereocenters. The number of fused-ring (bicyclic) bond motifs is 1. The number of aliphatic hydroxyl groups excluding tert-OH is 1. The molecule has 2 fully saturated rings. The van der Waals surface area contributed by atoms with E-state index in [2.05, 4.69) is 0 Å². The highest BCUT2D eigenvalue weighted by Crippen LogP contribution is 2.35. The Labute approximate surface area is 136 Å². The predicted octanol–water partition coefficient (Wildman–Crippen LogP) is 1.03. The van der Waals surface area contributed by atoms with Crippen LogP contribution in [0.1, 0.15) is 5.56 Å². The summed E-state index contributed by atoms with van der Waals surface area (Å²) in [7, 11) is 0. The summed E-state index contributed by atoms with van der Waals surface area (Å²) in [6.07, 6.45) is -7.55. The molecule has 0 bridgehead atoms. The van der Waals surface area contributed by atoms with Crippen molar-refractivity contribution in [1.82, 2.24) is 9.80 Å². The average Bonchev–Trinajstić information content (AvgIpc) is 3.02. The number of benzene rings is 1. The highest BCUT2D eigenvalue weighted by molar-refractivity contribution is 6.05. The number of alkyl halides is 3. The molecule has 5 nitrogen and oxygen atoms in total. The van der Waals surface area contributed by atoms with E-state index < -0.39 is 42.5 Å². The molecule has 24 heavy (non-hydrogen) atoms. The zero-order chi connectivity index (χ0) is 17.5. The lowest BCUT2D eigenvalue weighted by molar-refractivity contribution is -0.208. The van der Waals surface area contributed by atoms with Gasteiger partial charge in [0, 0.05) is 19.6 Å². The van der Waals surface area contributed by atoms with Gasteiger partial charge in [0.1, 0.15) is 0 Å². The molecule has 8 heteroatoms. The van der Waals surface area contributed by atoms with Crippen LogP contribution in [0.25, 0.3) is 0 Å². The van der Waals surface area contributed by atoms with Crippen LogP contribution in [0.3, 0.4) is 0 Å². The lowest BCUT2D eigenvalue weighted by Gasteiger charge is -2.23. The maximum Gasteiger partial charge on any atom is 0.416 e. The van der Waals surface area contributed by atoms with Crippen LogP contribution in [0.5, 0.6) is 0 Å². The number of amides is 2. The van der Waals surface area contributed by atoms with Crippen molar-refractivity contribution >= 4 is 11.8 Å². The van der Waals surface area contributed by atoms with Gasteiger partial charge in [0.25, 0.3) is 0 Å². The first-order chi connectivity index (χ1) is 11.3. The van der Waals surface area contributed by atoms with Gasteiger partial charge in [0.15, 0.2) is 6.10 Å². The number of carbonyl (C=O) groups excluding carboxylic acids is 2. The lowest BCUT2D eigenvalue weighted by Crippen LogP contribution is -2.45. The summed E-state index contributed by atoms with van der Waals surface area (Å²) in [5.41, 5.74) is 1.04. The number of β-amino-alcohol motifs (C(OH)–C–C–N with tert-alkyl or cyclic N) is 1. The second-order valence-electron chi connectivity index (χ2n) is 6.24. The molecule has 1 N–H and O–H groups in total. The molecule has 2 heterocycles. The summed E-state index contributed by atoms with van der Waals surface area (Å²) >= 11 is 0. The van der Waals surface area contributed by atoms with E-state index in [0.717, 1.165) is 5.56 Å². The third-order valence-electron chi connectivity index (χ3n) is 4.54. The lowest BCUT2D eigenvalue weighted by atomic mass is 10.00. The van der Waals surface area contributed by atoms with E-state index in [1.807, 2.05) is 35.2 Å². The molecule has 2 saturated heterocycles. The van der Waals surface area contributed by atoms with E-state index in [0.29, 0.717) is 24.5 Å². The maximum atomic E-state index is 12.4. The smallest absolute Gasteiger partial charge is 0.382 e. The number of likely N-dealkylation sites (tertiary alicyclic amines) is 2. The van der Waals surface area contributed by atoms with Crippen molar-refractivity contribution in [3.05, 3.63) is 35.9 Å². The molecule has 2 aliphatic rings. The number of hydrogen-bond acceptors (Lipinski definition) is 4. The van der Waals surface area contributed by atoms with E-state index in [4.69, 9.17) is 5.11 Å². The molecule has 0 radical (unpaired) electrons. The van der Waals surface area contributed by atoms with Crippen LogP contribution in [0.4, 0.5) is 13.2 Å². The van der Waals surface area contributed by atoms with Gasteiger partial charge in [-0.2, -0.15) is 13.2 Å². The Morgan fingerprint density at radius 3 is 2.12 bits per heavy atom. The van der Waals surface area contributed by atoms with E-state index in [1.54, 1.807) is 0 Å². The molecular formula is C16H17F3N2O3. The SMILES string of the molecule is O=C1[C@H]2CN(Cc3ccccc3)C[C@H]2C(=O)N1C[C@@H](O)C(F)(F)F. The van der Waals surface area contributed by atoms with Crippen LogP contribution in [0.15, 0.2) is 30.3 Å². The number of halogens is 3. The van der Waals surface area contributed by atoms with Crippen molar-refractivity contribution in [3.63, 3.8) is 0 Å². The van der Waals surface area contributed by atoms with Crippen LogP contribution in [0.2, 0.25) is 0 Å². The Morgan fingerprint density at radius 1 is 1.08 bits per heavy atom. The molecular weight excluding hydrogens is 325 g/mol. The van der Waals surface area contributed by atoms with Crippen molar-refractivity contribution in [1.29, 1.82) is 0 Å². The average molecular weight is 342 g/mol. The highest BCUT2D eigenvalue weighted by Gasteiger charge is 2.54. The number of aliphatic hydroxyl groups is 1. The molecule has 0 saturated carbocycles. The van der Waals surface area contributed by atoms with Gasteiger partial charge in [0.05, 0.1) is 18.4 Å². The van der Waals surface area contributed by atoms with Gasteiger partial charge in [-0.1, -0.05) is 30.3 Å². The van der Waals surface area contributed by atoms with Crippen molar-refractivity contribution < 1.29 is 27.9 Å². The Balaban J connectivity index is 1.64. The van der Waals surface area contributed by atoms with Crippen LogP contribution in [-0.2, 0) is 16.1 Å². The van der Waals surface area contributed by atoms with Gasteiger partial charge in [-0.3, -0.25) is 19.4 Å². The summed E-state index contributed by atoms with van der Waals surface area (Å²) in [6, 6.07) is 9.54. The van der Waals surface area contributed by atoms with Crippen LogP contribution in [-0.4, -0.2) is 58.6 Å². The molecule has 1 aromatic carbocycles. The molecule has 1 aromatic rings. The minimum Gasteiger partial charge on any atom is -0.382 e. The fraction of sp³-hybridized carbons (Fsp3) is 0.500. The second-order valence-corrected chi connectivity index (χ2v) is 6.24. The monoisotopic (exact) mass is 342 g/mol. The summed E-state index contributed by atoms with van der Waals surface area (Å²) in [5, 5.41) is 9.11. The number of carbonyl (C=O) groups is 2. The molecule has 0 aliphatic carbocycles. The maximum absolute atomic E-state index is 12.4. The van der Waals surface area contributed by atoms with Gasteiger partial charge in [-0.05, 0) is 5.56 Å². The first-order valence-corrected chi connectivity index (χ1v) is 7.63. The number of hydrogen-bond donors (Lipinski definition) is 1. The molecule has 3 rings (SSSR count). The van der Waals surface area contributed by atoms with Crippen molar-refractivity contribution in [2.24, 2.45) is 11.8 Å². The quantitative estimate of drug-likeness (QED) is 0.831. The largest absolute Gasteiger partial charge is 0.416 e. The topological polar surface area (TPSA) is 60.9 Å². The van der Waals surface area contributed by atoms with E-state index >= 15 is 0 Å². The Morgan fingerprint density at radius 2 is 1.62 bits per heavy atom. The number of imide groups is 1. The third-order valence-corrected chi connectivity index (χ3v) is 4.54. The molecule has 0 aromatic heterocycles. The summed E-state index contributed by atoms with van der Waals surface area (Å²) in [6.45, 7) is 0.234. The predicted molar refractivity (Wildman–Crippen MR) is 77.5 cm³/mol. The number of nitrogens with zero attached hydrogens (tertiary/aromatic N) is 2. The fourth-order valence-electron chi connectivity index (χ4n) is 3.32. The standard InChI is InChI=1S/C16H17F3N2O3/c17-16(18,19)13(22)9-21-14(23)11-7-20(8-12(11)15(21)24)6-10-4-2-1-3-5-10/h1-5,11-13,22H,6-9H2/t11-,12+,13-/m1/s1. The first-order valence-electron chi connectivity index (χ1n) is 7.63. The Kier molecular flexibility index (Phi) is 4.35. The van der Waals surface area contributed by atoms with Gasteiger partial charge in [-0.25, -0.2) is 0 Å². The normalized spacial score (nSPS) is 26.1. The minimum absolute atomic E-state index is 0.336. The summed E-state index contributed by atoms with van der Waals surface area (Å²) in [5.74, 6) is -2.49. The van der Waals surface area contributed by atoms with Crippen LogP contribution >= 0.6 is 0 Å². The van der Waals surface area contributed by atoms with E-state index in [9.17, 15) is 22.8 Å². The van der Waals surface area contributed by atoms with Gasteiger partial charge in [-0.15, -0.1) is 0 Å². The Hall–Kier alpha value is -1.93. The molecule has 130 valence electrons. The first kappa shape index (κ1) is 16.9. The summed E-state index contributed by atoms with van der Waals surface area (Å²) in [4.78, 5) is 27.0. The zero-order valence-corrected chi connectivity index (χ0v) is 12.7. The van der Waals surface area contributed by atoms with Crippen LogP contribution < -0.4 is 0 Å². The molecule has 0 spiro atoms. The van der Waals surface area contributed by atoms with Gasteiger partial charge >= 0.3 is 6.18 Å². The number of rotatable bonds is 4. The zero-order valence-electron chi connectivity index (χ0n) is 12.7. The highest BCUT2D eigenvalue weighted by atomic mass is 19.4. The summed E-state index contributed by atoms with van der Waals surface area (Å²) < 4.78 is 37.3. The van der Waals surface area contributed by atoms with Gasteiger partial charge in [0.2, 0.25) is 11.8 Å².